The van der Waals surface area contributed by atoms with Crippen LogP contribution in [0, 0.1) is 0 Å². The van der Waals surface area contributed by atoms with Gasteiger partial charge < -0.3 is 20.5 Å². The molecule has 1 amide bonds. The van der Waals surface area contributed by atoms with E-state index in [2.05, 4.69) is 17.4 Å². The second-order valence-electron chi connectivity index (χ2n) is 6.97. The lowest BCUT2D eigenvalue weighted by molar-refractivity contribution is -0.126. The van der Waals surface area contributed by atoms with Crippen LogP contribution in [0.5, 0.6) is 5.75 Å². The molecule has 1 saturated heterocycles. The predicted molar refractivity (Wildman–Crippen MR) is 95.2 cm³/mol. The first-order chi connectivity index (χ1) is 11.4. The summed E-state index contributed by atoms with van der Waals surface area (Å²) in [5.41, 5.74) is 6.44. The van der Waals surface area contributed by atoms with E-state index in [0.29, 0.717) is 26.2 Å². The molecule has 1 aromatic rings. The second kappa shape index (κ2) is 7.99. The van der Waals surface area contributed by atoms with Crippen molar-refractivity contribution >= 4 is 5.91 Å². The number of nitrogens with one attached hydrogen (secondary N) is 1. The van der Waals surface area contributed by atoms with Gasteiger partial charge in [-0.2, -0.15) is 0 Å². The number of hydrogen-bond donors (Lipinski definition) is 2. The number of rotatable bonds is 7. The Morgan fingerprint density at radius 1 is 1.33 bits per heavy atom. The fourth-order valence-corrected chi connectivity index (χ4v) is 3.36. The molecule has 2 rings (SSSR count). The topological polar surface area (TPSA) is 73.6 Å². The molecule has 0 spiro atoms. The maximum Gasteiger partial charge on any atom is 0.239 e. The third-order valence-corrected chi connectivity index (χ3v) is 5.03. The predicted octanol–water partition coefficient (Wildman–Crippen LogP) is 2.38. The maximum atomic E-state index is 12.5. The molecule has 24 heavy (non-hydrogen) atoms. The summed E-state index contributed by atoms with van der Waals surface area (Å²) in [6.45, 7) is 5.83. The van der Waals surface area contributed by atoms with E-state index in [0.717, 1.165) is 25.0 Å². The van der Waals surface area contributed by atoms with Crippen LogP contribution in [0.25, 0.3) is 0 Å². The van der Waals surface area contributed by atoms with Gasteiger partial charge in [-0.1, -0.05) is 25.5 Å². The summed E-state index contributed by atoms with van der Waals surface area (Å²) in [7, 11) is 1.66. The zero-order valence-corrected chi connectivity index (χ0v) is 15.1. The van der Waals surface area contributed by atoms with E-state index in [9.17, 15) is 4.79 Å². The molecule has 0 aliphatic carbocycles. The lowest BCUT2D eigenvalue weighted by Crippen LogP contribution is -2.55. The van der Waals surface area contributed by atoms with E-state index < -0.39 is 5.54 Å². The number of carbonyl (C=O) groups excluding carboxylic acids is 1. The molecule has 1 atom stereocenters. The van der Waals surface area contributed by atoms with Crippen molar-refractivity contribution in [2.45, 2.75) is 50.5 Å². The molecule has 0 aromatic heterocycles. The molecule has 134 valence electrons. The highest BCUT2D eigenvalue weighted by atomic mass is 16.5. The minimum absolute atomic E-state index is 0.0799. The van der Waals surface area contributed by atoms with Gasteiger partial charge in [0.15, 0.2) is 0 Å². The Morgan fingerprint density at radius 2 is 1.96 bits per heavy atom. The number of methoxy groups -OCH3 is 1. The van der Waals surface area contributed by atoms with Gasteiger partial charge in [0.25, 0.3) is 0 Å². The number of ether oxygens (including phenoxy) is 2. The summed E-state index contributed by atoms with van der Waals surface area (Å²) in [5.74, 6) is 0.756. The fraction of sp³-hybridized carbons (Fsp3) is 0.632. The minimum atomic E-state index is -0.818. The van der Waals surface area contributed by atoms with Gasteiger partial charge in [0.05, 0.1) is 12.6 Å². The van der Waals surface area contributed by atoms with Gasteiger partial charge in [-0.05, 0) is 43.9 Å². The minimum Gasteiger partial charge on any atom is -0.497 e. The van der Waals surface area contributed by atoms with Gasteiger partial charge in [0.1, 0.15) is 5.75 Å². The van der Waals surface area contributed by atoms with Crippen LogP contribution in [0.1, 0.15) is 45.1 Å². The first kappa shape index (κ1) is 18.7. The average Bonchev–Trinajstić information content (AvgIpc) is 2.60. The molecule has 1 heterocycles. The number of amides is 1. The van der Waals surface area contributed by atoms with Crippen LogP contribution in [0.3, 0.4) is 0 Å². The van der Waals surface area contributed by atoms with E-state index in [-0.39, 0.29) is 11.3 Å². The summed E-state index contributed by atoms with van der Waals surface area (Å²) >= 11 is 0. The largest absolute Gasteiger partial charge is 0.497 e. The highest BCUT2D eigenvalue weighted by Gasteiger charge is 2.36. The van der Waals surface area contributed by atoms with Gasteiger partial charge in [0.2, 0.25) is 5.91 Å². The van der Waals surface area contributed by atoms with Crippen LogP contribution in [0.2, 0.25) is 0 Å². The van der Waals surface area contributed by atoms with E-state index in [4.69, 9.17) is 15.2 Å². The van der Waals surface area contributed by atoms with Crippen LogP contribution in [-0.4, -0.2) is 38.3 Å². The van der Waals surface area contributed by atoms with Crippen molar-refractivity contribution in [3.63, 3.8) is 0 Å². The zero-order chi connectivity index (χ0) is 17.6. The Labute approximate surface area is 144 Å². The molecule has 1 aliphatic heterocycles. The number of nitrogens with two attached hydrogens (primary N) is 1. The third-order valence-electron chi connectivity index (χ3n) is 5.03. The summed E-state index contributed by atoms with van der Waals surface area (Å²) < 4.78 is 10.8. The van der Waals surface area contributed by atoms with Crippen LogP contribution in [0.15, 0.2) is 24.3 Å². The quantitative estimate of drug-likeness (QED) is 0.803. The fourth-order valence-electron chi connectivity index (χ4n) is 3.36. The molecule has 0 radical (unpaired) electrons. The maximum absolute atomic E-state index is 12.5. The molecule has 1 aromatic carbocycles. The van der Waals surface area contributed by atoms with Crippen LogP contribution < -0.4 is 15.8 Å². The van der Waals surface area contributed by atoms with Crippen molar-refractivity contribution in [3.8, 4) is 5.75 Å². The second-order valence-corrected chi connectivity index (χ2v) is 6.97. The van der Waals surface area contributed by atoms with Gasteiger partial charge in [-0.15, -0.1) is 0 Å². The molecule has 1 unspecified atom stereocenters. The Balaban J connectivity index is 2.14. The number of hydrogen-bond acceptors (Lipinski definition) is 4. The lowest BCUT2D eigenvalue weighted by atomic mass is 9.74. The van der Waals surface area contributed by atoms with Crippen molar-refractivity contribution in [1.29, 1.82) is 0 Å². The van der Waals surface area contributed by atoms with Gasteiger partial charge in [-0.3, -0.25) is 4.79 Å². The SMILES string of the molecule is CCCC(C)(N)C(=O)NCC1(c2ccc(OC)cc2)CCOCC1. The number of carbonyl (C=O) groups is 1. The first-order valence-electron chi connectivity index (χ1n) is 8.73. The molecule has 5 heteroatoms. The third kappa shape index (κ3) is 4.28. The summed E-state index contributed by atoms with van der Waals surface area (Å²) in [4.78, 5) is 12.5. The van der Waals surface area contributed by atoms with Crippen LogP contribution in [0.4, 0.5) is 0 Å². The molecular formula is C19H30N2O3. The van der Waals surface area contributed by atoms with Crippen LogP contribution >= 0.6 is 0 Å². The van der Waals surface area contributed by atoms with Crippen LogP contribution in [-0.2, 0) is 14.9 Å². The summed E-state index contributed by atoms with van der Waals surface area (Å²) in [5, 5.41) is 3.09. The van der Waals surface area contributed by atoms with Crippen molar-refractivity contribution in [2.75, 3.05) is 26.9 Å². The van der Waals surface area contributed by atoms with E-state index >= 15 is 0 Å². The van der Waals surface area contributed by atoms with Gasteiger partial charge >= 0.3 is 0 Å². The molecular weight excluding hydrogens is 304 g/mol. The van der Waals surface area contributed by atoms with E-state index in [1.54, 1.807) is 14.0 Å². The summed E-state index contributed by atoms with van der Waals surface area (Å²) in [6, 6.07) is 8.12. The Kier molecular flexibility index (Phi) is 6.24. The Hall–Kier alpha value is -1.59. The monoisotopic (exact) mass is 334 g/mol. The zero-order valence-electron chi connectivity index (χ0n) is 15.1. The average molecular weight is 334 g/mol. The number of benzene rings is 1. The van der Waals surface area contributed by atoms with Crippen molar-refractivity contribution < 1.29 is 14.3 Å². The molecule has 0 saturated carbocycles. The highest BCUT2D eigenvalue weighted by Crippen LogP contribution is 2.35. The highest BCUT2D eigenvalue weighted by molar-refractivity contribution is 5.85. The van der Waals surface area contributed by atoms with Gasteiger partial charge in [0, 0.05) is 25.2 Å². The van der Waals surface area contributed by atoms with E-state index in [1.807, 2.05) is 19.1 Å². The molecule has 1 aliphatic rings. The van der Waals surface area contributed by atoms with Crippen molar-refractivity contribution in [1.82, 2.24) is 5.32 Å². The Morgan fingerprint density at radius 3 is 2.50 bits per heavy atom. The smallest absolute Gasteiger partial charge is 0.239 e. The standard InChI is InChI=1S/C19H30N2O3/c1-4-9-18(2,20)17(22)21-14-19(10-12-24-13-11-19)15-5-7-16(23-3)8-6-15/h5-8H,4,9-14,20H2,1-3H3,(H,21,22). The molecule has 0 bridgehead atoms. The molecule has 1 fully saturated rings. The van der Waals surface area contributed by atoms with Gasteiger partial charge in [-0.25, -0.2) is 0 Å². The van der Waals surface area contributed by atoms with E-state index in [1.165, 1.54) is 5.56 Å². The Bertz CT molecular complexity index is 534. The lowest BCUT2D eigenvalue weighted by Gasteiger charge is -2.38. The molecule has 3 N–H and O–H groups in total. The molecule has 5 nitrogen and oxygen atoms in total. The van der Waals surface area contributed by atoms with Crippen molar-refractivity contribution in [3.05, 3.63) is 29.8 Å². The normalized spacial score (nSPS) is 19.3. The summed E-state index contributed by atoms with van der Waals surface area (Å²) in [6.07, 6.45) is 3.33. The first-order valence-corrected chi connectivity index (χ1v) is 8.73. The van der Waals surface area contributed by atoms with Crippen molar-refractivity contribution in [2.24, 2.45) is 5.73 Å².